The summed E-state index contributed by atoms with van der Waals surface area (Å²) in [6, 6.07) is 9.27. The summed E-state index contributed by atoms with van der Waals surface area (Å²) in [5, 5.41) is 8.57. The molecule has 1 heterocycles. The summed E-state index contributed by atoms with van der Waals surface area (Å²) in [6.45, 7) is 0.654. The number of nitrogens with zero attached hydrogens (tertiary/aromatic N) is 2. The lowest BCUT2D eigenvalue weighted by Crippen LogP contribution is -2.47. The lowest BCUT2D eigenvalue weighted by atomic mass is 10.1. The van der Waals surface area contributed by atoms with Crippen LogP contribution < -0.4 is 4.90 Å². The van der Waals surface area contributed by atoms with E-state index in [0.29, 0.717) is 17.9 Å². The van der Waals surface area contributed by atoms with Crippen LogP contribution in [0.15, 0.2) is 24.3 Å². The van der Waals surface area contributed by atoms with Gasteiger partial charge in [0, 0.05) is 24.3 Å². The maximum Gasteiger partial charge on any atom is 0.169 e. The van der Waals surface area contributed by atoms with Crippen molar-refractivity contribution in [1.29, 1.82) is 5.26 Å². The Hall–Kier alpha value is -1.19. The Morgan fingerprint density at radius 3 is 2.83 bits per heavy atom. The zero-order chi connectivity index (χ0) is 13.2. The molecule has 0 aliphatic carbocycles. The second-order valence-electron chi connectivity index (χ2n) is 4.18. The molecule has 6 heteroatoms. The van der Waals surface area contributed by atoms with Crippen molar-refractivity contribution in [2.45, 2.75) is 5.37 Å². The molecule has 1 unspecified atom stereocenters. The fourth-order valence-corrected chi connectivity index (χ4v) is 4.86. The van der Waals surface area contributed by atoms with Gasteiger partial charge in [-0.25, -0.2) is 8.42 Å². The van der Waals surface area contributed by atoms with E-state index >= 15 is 0 Å². The van der Waals surface area contributed by atoms with Crippen molar-refractivity contribution in [2.75, 3.05) is 29.2 Å². The normalized spacial score (nSPS) is 20.4. The monoisotopic (exact) mass is 282 g/mol. The summed E-state index contributed by atoms with van der Waals surface area (Å²) in [7, 11) is -3.15. The molecule has 0 saturated carbocycles. The van der Waals surface area contributed by atoms with Gasteiger partial charge in [0.2, 0.25) is 0 Å². The lowest BCUT2D eigenvalue weighted by Gasteiger charge is -2.36. The largest absolute Gasteiger partial charge is 0.352 e. The number of rotatable bonds is 2. The van der Waals surface area contributed by atoms with Crippen molar-refractivity contribution in [2.24, 2.45) is 0 Å². The van der Waals surface area contributed by atoms with Crippen molar-refractivity contribution >= 4 is 27.3 Å². The molecular formula is C12H14N2O2S2. The highest BCUT2D eigenvalue weighted by atomic mass is 32.2. The first kappa shape index (κ1) is 13.2. The number of hydrogen-bond acceptors (Lipinski definition) is 5. The molecule has 1 aliphatic rings. The Kier molecular flexibility index (Phi) is 3.83. The predicted octanol–water partition coefficient (Wildman–Crippen LogP) is 1.48. The number of thioether (sulfide) groups is 1. The maximum atomic E-state index is 11.8. The van der Waals surface area contributed by atoms with E-state index in [1.165, 1.54) is 6.26 Å². The summed E-state index contributed by atoms with van der Waals surface area (Å²) >= 11 is 1.64. The van der Waals surface area contributed by atoms with Gasteiger partial charge in [-0.2, -0.15) is 17.0 Å². The number of sulfone groups is 1. The Balaban J connectivity index is 2.44. The van der Waals surface area contributed by atoms with E-state index in [0.717, 1.165) is 11.4 Å². The third kappa shape index (κ3) is 2.62. The van der Waals surface area contributed by atoms with E-state index < -0.39 is 15.2 Å². The van der Waals surface area contributed by atoms with E-state index in [1.54, 1.807) is 23.9 Å². The number of para-hydroxylation sites is 1. The molecule has 0 amide bonds. The highest BCUT2D eigenvalue weighted by Gasteiger charge is 2.32. The summed E-state index contributed by atoms with van der Waals surface area (Å²) in [5.41, 5.74) is 1.24. The molecule has 4 nitrogen and oxygen atoms in total. The summed E-state index contributed by atoms with van der Waals surface area (Å²) in [4.78, 5) is 1.84. The molecule has 0 N–H and O–H groups in total. The molecule has 1 aromatic rings. The van der Waals surface area contributed by atoms with Crippen LogP contribution in [0, 0.1) is 11.3 Å². The molecule has 0 spiro atoms. The van der Waals surface area contributed by atoms with Gasteiger partial charge in [-0.1, -0.05) is 12.1 Å². The van der Waals surface area contributed by atoms with Gasteiger partial charge in [0.05, 0.1) is 11.3 Å². The Bertz CT molecular complexity index is 578. The number of hydrogen-bond donors (Lipinski definition) is 0. The SMILES string of the molecule is CS(=O)(=O)C1CSCCN1c1ccccc1C#N. The third-order valence-corrected chi connectivity index (χ3v) is 5.56. The van der Waals surface area contributed by atoms with Gasteiger partial charge in [0.1, 0.15) is 11.4 Å². The predicted molar refractivity (Wildman–Crippen MR) is 74.5 cm³/mol. The Labute approximate surface area is 112 Å². The highest BCUT2D eigenvalue weighted by molar-refractivity contribution is 8.01. The Morgan fingerprint density at radius 1 is 1.44 bits per heavy atom. The zero-order valence-corrected chi connectivity index (χ0v) is 11.7. The lowest BCUT2D eigenvalue weighted by molar-refractivity contribution is 0.584. The van der Waals surface area contributed by atoms with Crippen LogP contribution in [0.25, 0.3) is 0 Å². The molecule has 1 atom stereocenters. The summed E-state index contributed by atoms with van der Waals surface area (Å²) in [6.07, 6.45) is 1.26. The standard InChI is InChI=1S/C12H14N2O2S2/c1-18(15,16)12-9-17-7-6-14(12)11-5-3-2-4-10(11)8-13/h2-5,12H,6-7,9H2,1H3. The maximum absolute atomic E-state index is 11.8. The number of anilines is 1. The van der Waals surface area contributed by atoms with Crippen LogP contribution in [0.2, 0.25) is 0 Å². The second kappa shape index (κ2) is 5.21. The smallest absolute Gasteiger partial charge is 0.169 e. The van der Waals surface area contributed by atoms with Crippen LogP contribution in [0.3, 0.4) is 0 Å². The van der Waals surface area contributed by atoms with Gasteiger partial charge in [-0.3, -0.25) is 0 Å². The fraction of sp³-hybridized carbons (Fsp3) is 0.417. The average Bonchev–Trinajstić information content (AvgIpc) is 2.37. The minimum absolute atomic E-state index is 0.526. The van der Waals surface area contributed by atoms with E-state index in [4.69, 9.17) is 5.26 Å². The van der Waals surface area contributed by atoms with E-state index in [9.17, 15) is 8.42 Å². The molecule has 1 aliphatic heterocycles. The minimum Gasteiger partial charge on any atom is -0.352 e. The van der Waals surface area contributed by atoms with Crippen molar-refractivity contribution in [3.63, 3.8) is 0 Å². The summed E-state index contributed by atoms with van der Waals surface area (Å²) < 4.78 is 23.7. The fourth-order valence-electron chi connectivity index (χ4n) is 2.03. The highest BCUT2D eigenvalue weighted by Crippen LogP contribution is 2.28. The minimum atomic E-state index is -3.15. The van der Waals surface area contributed by atoms with E-state index in [-0.39, 0.29) is 0 Å². The Morgan fingerprint density at radius 2 is 2.17 bits per heavy atom. The molecular weight excluding hydrogens is 268 g/mol. The molecule has 1 fully saturated rings. The number of nitriles is 1. The first-order chi connectivity index (χ1) is 8.54. The van der Waals surface area contributed by atoms with Gasteiger partial charge < -0.3 is 4.90 Å². The third-order valence-electron chi connectivity index (χ3n) is 2.91. The van der Waals surface area contributed by atoms with Crippen molar-refractivity contribution < 1.29 is 8.42 Å². The first-order valence-corrected chi connectivity index (χ1v) is 8.67. The molecule has 1 saturated heterocycles. The molecule has 1 aromatic carbocycles. The summed E-state index contributed by atoms with van der Waals surface area (Å²) in [5.74, 6) is 1.43. The molecule has 0 aromatic heterocycles. The zero-order valence-electron chi connectivity index (χ0n) is 10.0. The molecule has 96 valence electrons. The van der Waals surface area contributed by atoms with E-state index in [1.807, 2.05) is 17.0 Å². The quantitative estimate of drug-likeness (QED) is 0.822. The van der Waals surface area contributed by atoms with Crippen molar-refractivity contribution in [3.8, 4) is 6.07 Å². The first-order valence-electron chi connectivity index (χ1n) is 5.56. The topological polar surface area (TPSA) is 61.2 Å². The van der Waals surface area contributed by atoms with Crippen LogP contribution in [-0.2, 0) is 9.84 Å². The van der Waals surface area contributed by atoms with Gasteiger partial charge in [0.25, 0.3) is 0 Å². The van der Waals surface area contributed by atoms with Gasteiger partial charge in [0.15, 0.2) is 9.84 Å². The van der Waals surface area contributed by atoms with Crippen LogP contribution in [-0.4, -0.2) is 38.1 Å². The molecule has 0 radical (unpaired) electrons. The molecule has 0 bridgehead atoms. The molecule has 2 rings (SSSR count). The van der Waals surface area contributed by atoms with Crippen molar-refractivity contribution in [1.82, 2.24) is 0 Å². The number of benzene rings is 1. The second-order valence-corrected chi connectivity index (χ2v) is 7.53. The van der Waals surface area contributed by atoms with Crippen LogP contribution in [0.1, 0.15) is 5.56 Å². The van der Waals surface area contributed by atoms with Crippen LogP contribution >= 0.6 is 11.8 Å². The molecule has 18 heavy (non-hydrogen) atoms. The van der Waals surface area contributed by atoms with E-state index in [2.05, 4.69) is 6.07 Å². The van der Waals surface area contributed by atoms with Crippen LogP contribution in [0.5, 0.6) is 0 Å². The average molecular weight is 282 g/mol. The van der Waals surface area contributed by atoms with Crippen molar-refractivity contribution in [3.05, 3.63) is 29.8 Å². The van der Waals surface area contributed by atoms with Crippen LogP contribution in [0.4, 0.5) is 5.69 Å². The van der Waals surface area contributed by atoms with Gasteiger partial charge in [-0.15, -0.1) is 0 Å². The van der Waals surface area contributed by atoms with Gasteiger partial charge >= 0.3 is 0 Å². The van der Waals surface area contributed by atoms with Gasteiger partial charge in [-0.05, 0) is 12.1 Å².